The first-order valence-corrected chi connectivity index (χ1v) is 16.6. The molecule has 0 amide bonds. The highest BCUT2D eigenvalue weighted by Gasteiger charge is 2.29. The number of fused-ring (bicyclic) bond motifs is 2. The lowest BCUT2D eigenvalue weighted by atomic mass is 10.00. The van der Waals surface area contributed by atoms with E-state index in [1.807, 2.05) is 18.2 Å². The van der Waals surface area contributed by atoms with Gasteiger partial charge in [0.25, 0.3) is 0 Å². The summed E-state index contributed by atoms with van der Waals surface area (Å²) >= 11 is 3.57. The maximum absolute atomic E-state index is 12.4. The second-order valence-electron chi connectivity index (χ2n) is 11.2. The highest BCUT2D eigenvalue weighted by Crippen LogP contribution is 2.41. The van der Waals surface area contributed by atoms with Gasteiger partial charge < -0.3 is 20.4 Å². The van der Waals surface area contributed by atoms with Crippen LogP contribution >= 0.6 is 15.9 Å². The predicted octanol–water partition coefficient (Wildman–Crippen LogP) is 5.07. The molecule has 0 spiro atoms. The van der Waals surface area contributed by atoms with Crippen molar-refractivity contribution in [1.29, 1.82) is 0 Å². The van der Waals surface area contributed by atoms with Gasteiger partial charge in [0.2, 0.25) is 16.0 Å². The lowest BCUT2D eigenvalue weighted by molar-refractivity contribution is 0.249. The van der Waals surface area contributed by atoms with Crippen LogP contribution in [0.5, 0.6) is 0 Å². The highest BCUT2D eigenvalue weighted by atomic mass is 79.9. The molecule has 0 saturated carbocycles. The Hall–Kier alpha value is -2.89. The minimum absolute atomic E-state index is 0.444. The Kier molecular flexibility index (Phi) is 7.39. The summed E-state index contributed by atoms with van der Waals surface area (Å²) in [5.74, 6) is 1.06. The molecule has 2 aromatic carbocycles. The van der Waals surface area contributed by atoms with Crippen LogP contribution in [0, 0.1) is 0 Å². The quantitative estimate of drug-likeness (QED) is 0.376. The van der Waals surface area contributed by atoms with E-state index in [0.717, 1.165) is 43.6 Å². The number of nitrogens with zero attached hydrogens (tertiary/aromatic N) is 5. The van der Waals surface area contributed by atoms with E-state index in [9.17, 15) is 8.42 Å². The minimum atomic E-state index is -3.38. The molecule has 9 nitrogen and oxygen atoms in total. The summed E-state index contributed by atoms with van der Waals surface area (Å²) in [6.07, 6.45) is 9.32. The zero-order valence-corrected chi connectivity index (χ0v) is 25.6. The minimum Gasteiger partial charge on any atom is -0.371 e. The average molecular weight is 627 g/mol. The highest BCUT2D eigenvalue weighted by molar-refractivity contribution is 9.10. The van der Waals surface area contributed by atoms with Crippen LogP contribution in [0.1, 0.15) is 36.0 Å². The monoisotopic (exact) mass is 625 g/mol. The molecule has 3 aliphatic rings. The fourth-order valence-electron chi connectivity index (χ4n) is 6.34. The molecule has 3 heterocycles. The van der Waals surface area contributed by atoms with Gasteiger partial charge in [-0.05, 0) is 103 Å². The average Bonchev–Trinajstić information content (AvgIpc) is 3.59. The number of aromatic nitrogens is 2. The van der Waals surface area contributed by atoms with Crippen LogP contribution in [0.3, 0.4) is 0 Å². The van der Waals surface area contributed by atoms with E-state index in [-0.39, 0.29) is 0 Å². The van der Waals surface area contributed by atoms with Crippen LogP contribution in [-0.2, 0) is 29.3 Å². The molecule has 40 heavy (non-hydrogen) atoms. The van der Waals surface area contributed by atoms with Gasteiger partial charge in [0.1, 0.15) is 5.82 Å². The molecule has 1 fully saturated rings. The Morgan fingerprint density at radius 2 is 1.75 bits per heavy atom. The lowest BCUT2D eigenvalue weighted by Gasteiger charge is -2.37. The van der Waals surface area contributed by atoms with E-state index >= 15 is 0 Å². The van der Waals surface area contributed by atoms with Crippen molar-refractivity contribution in [3.05, 3.63) is 57.7 Å². The number of halogens is 1. The van der Waals surface area contributed by atoms with Crippen molar-refractivity contribution >= 4 is 60.5 Å². The normalized spacial score (nSPS) is 17.3. The first kappa shape index (κ1) is 27.3. The second kappa shape index (κ2) is 10.8. The van der Waals surface area contributed by atoms with E-state index in [1.165, 1.54) is 40.2 Å². The van der Waals surface area contributed by atoms with Gasteiger partial charge in [-0.3, -0.25) is 4.31 Å². The van der Waals surface area contributed by atoms with Gasteiger partial charge in [0.05, 0.1) is 22.1 Å². The standard InChI is InChI=1S/C29H36BrN7O2S/c1-35(2)20-13-15-36(16-14-20)26-11-10-24(21-7-5-8-22(21)26)33-29-31-18-23(30)28(34-29)32-25-9-4-6-19-12-17-37(27(19)25)40(3,38)39/h4,6,9-11,18,20H,5,7-8,12-17H2,1-3H3,(H2,31,32,33,34). The summed E-state index contributed by atoms with van der Waals surface area (Å²) in [5, 5.41) is 6.84. The SMILES string of the molecule is CN(C)C1CCN(c2ccc(Nc3ncc(Br)c(Nc4cccc5c4N(S(C)(=O)=O)CC5)n3)c3c2CCC3)CC1. The van der Waals surface area contributed by atoms with Crippen LogP contribution in [0.15, 0.2) is 41.0 Å². The number of nitrogens with one attached hydrogen (secondary N) is 2. The molecule has 1 aliphatic carbocycles. The molecule has 3 aromatic rings. The summed E-state index contributed by atoms with van der Waals surface area (Å²) in [5.41, 5.74) is 7.63. The van der Waals surface area contributed by atoms with Gasteiger partial charge in [0, 0.05) is 43.2 Å². The van der Waals surface area contributed by atoms with Crippen LogP contribution in [0.2, 0.25) is 0 Å². The third kappa shape index (κ3) is 5.26. The molecule has 212 valence electrons. The van der Waals surface area contributed by atoms with Crippen LogP contribution in [0.25, 0.3) is 0 Å². The van der Waals surface area contributed by atoms with Gasteiger partial charge in [-0.1, -0.05) is 12.1 Å². The number of hydrogen-bond donors (Lipinski definition) is 2. The number of para-hydroxylation sites is 1. The molecule has 1 aromatic heterocycles. The molecule has 11 heteroatoms. The molecule has 2 N–H and O–H groups in total. The van der Waals surface area contributed by atoms with Crippen molar-refractivity contribution in [3.63, 3.8) is 0 Å². The summed E-state index contributed by atoms with van der Waals surface area (Å²) < 4.78 is 27.0. The number of anilines is 6. The van der Waals surface area contributed by atoms with E-state index in [0.29, 0.717) is 46.6 Å². The number of benzene rings is 2. The fraction of sp³-hybridized carbons (Fsp3) is 0.448. The molecule has 6 rings (SSSR count). The summed E-state index contributed by atoms with van der Waals surface area (Å²) in [7, 11) is 0.979. The van der Waals surface area contributed by atoms with Crippen LogP contribution in [0.4, 0.5) is 34.5 Å². The van der Waals surface area contributed by atoms with Crippen molar-refractivity contribution in [2.45, 2.75) is 44.6 Å². The lowest BCUT2D eigenvalue weighted by Crippen LogP contribution is -2.42. The van der Waals surface area contributed by atoms with Crippen LogP contribution in [-0.4, -0.2) is 69.3 Å². The summed E-state index contributed by atoms with van der Waals surface area (Å²) in [6.45, 7) is 2.62. The maximum Gasteiger partial charge on any atom is 0.232 e. The van der Waals surface area contributed by atoms with E-state index in [2.05, 4.69) is 67.6 Å². The van der Waals surface area contributed by atoms with Gasteiger partial charge in [-0.15, -0.1) is 0 Å². The molecular weight excluding hydrogens is 590 g/mol. The zero-order chi connectivity index (χ0) is 28.0. The van der Waals surface area contributed by atoms with Gasteiger partial charge in [-0.2, -0.15) is 4.98 Å². The Labute approximate surface area is 245 Å². The predicted molar refractivity (Wildman–Crippen MR) is 166 cm³/mol. The van der Waals surface area contributed by atoms with Crippen molar-refractivity contribution in [2.75, 3.05) is 59.8 Å². The third-order valence-corrected chi connectivity index (χ3v) is 10.1. The fourth-order valence-corrected chi connectivity index (χ4v) is 7.60. The van der Waals surface area contributed by atoms with Crippen molar-refractivity contribution in [3.8, 4) is 0 Å². The first-order chi connectivity index (χ1) is 19.2. The Balaban J connectivity index is 1.25. The van der Waals surface area contributed by atoms with Crippen molar-refractivity contribution < 1.29 is 8.42 Å². The molecule has 0 atom stereocenters. The van der Waals surface area contributed by atoms with E-state index in [1.54, 1.807) is 6.20 Å². The van der Waals surface area contributed by atoms with Gasteiger partial charge in [-0.25, -0.2) is 13.4 Å². The number of piperidine rings is 1. The molecule has 0 radical (unpaired) electrons. The summed E-state index contributed by atoms with van der Waals surface area (Å²) in [6, 6.07) is 10.9. The molecule has 0 bridgehead atoms. The van der Waals surface area contributed by atoms with Gasteiger partial charge in [0.15, 0.2) is 0 Å². The Morgan fingerprint density at radius 1 is 0.975 bits per heavy atom. The zero-order valence-electron chi connectivity index (χ0n) is 23.2. The molecule has 0 unspecified atom stereocenters. The smallest absolute Gasteiger partial charge is 0.232 e. The Bertz CT molecular complexity index is 1540. The van der Waals surface area contributed by atoms with Gasteiger partial charge >= 0.3 is 0 Å². The molecule has 2 aliphatic heterocycles. The van der Waals surface area contributed by atoms with Crippen LogP contribution < -0.4 is 19.8 Å². The van der Waals surface area contributed by atoms with E-state index in [4.69, 9.17) is 4.98 Å². The maximum atomic E-state index is 12.4. The first-order valence-electron chi connectivity index (χ1n) is 13.9. The third-order valence-electron chi connectivity index (χ3n) is 8.39. The van der Waals surface area contributed by atoms with Crippen molar-refractivity contribution in [2.24, 2.45) is 0 Å². The second-order valence-corrected chi connectivity index (χ2v) is 13.9. The topological polar surface area (TPSA) is 93.7 Å². The number of sulfonamides is 1. The molecule has 1 saturated heterocycles. The Morgan fingerprint density at radius 3 is 2.50 bits per heavy atom. The van der Waals surface area contributed by atoms with E-state index < -0.39 is 10.0 Å². The number of rotatable bonds is 7. The number of hydrogen-bond acceptors (Lipinski definition) is 8. The van der Waals surface area contributed by atoms with Crippen molar-refractivity contribution in [1.82, 2.24) is 14.9 Å². The summed E-state index contributed by atoms with van der Waals surface area (Å²) in [4.78, 5) is 14.2. The largest absolute Gasteiger partial charge is 0.371 e. The molecular formula is C29H36BrN7O2S.